The first-order chi connectivity index (χ1) is 8.66. The van der Waals surface area contributed by atoms with E-state index < -0.39 is 5.92 Å². The van der Waals surface area contributed by atoms with Crippen LogP contribution in [0.5, 0.6) is 0 Å². The lowest BCUT2D eigenvalue weighted by Gasteiger charge is -2.31. The van der Waals surface area contributed by atoms with Crippen molar-refractivity contribution in [3.63, 3.8) is 0 Å². The highest BCUT2D eigenvalue weighted by atomic mass is 19.3. The molecule has 1 aliphatic heterocycles. The molecule has 0 bridgehead atoms. The Balaban J connectivity index is 1.90. The summed E-state index contributed by atoms with van der Waals surface area (Å²) in [5, 5.41) is 0. The molecule has 1 aromatic carbocycles. The summed E-state index contributed by atoms with van der Waals surface area (Å²) in [4.78, 5) is 4.54. The van der Waals surface area contributed by atoms with Crippen molar-refractivity contribution in [1.82, 2.24) is 0 Å². The van der Waals surface area contributed by atoms with E-state index in [0.29, 0.717) is 6.42 Å². The smallest absolute Gasteiger partial charge is 0.248 e. The van der Waals surface area contributed by atoms with Crippen molar-refractivity contribution in [3.05, 3.63) is 35.4 Å². The third-order valence-electron chi connectivity index (χ3n) is 3.98. The third-order valence-corrected chi connectivity index (χ3v) is 3.98. The van der Waals surface area contributed by atoms with Gasteiger partial charge in [0.1, 0.15) is 0 Å². The highest BCUT2D eigenvalue weighted by Gasteiger charge is 2.39. The number of alkyl halides is 2. The number of nitrogens with zero attached hydrogens (tertiary/aromatic N) is 1. The molecule has 1 saturated carbocycles. The summed E-state index contributed by atoms with van der Waals surface area (Å²) >= 11 is 0. The highest BCUT2D eigenvalue weighted by Crippen LogP contribution is 2.39. The molecule has 1 fully saturated rings. The average molecular weight is 249 g/mol. The standard InChI is InChI=1S/C15H17F2N/c16-15(17)8-3-5-12(10-15)14-13-6-2-1-4-11(13)7-9-18-14/h1-2,4,6,12H,3,5,7-10H2. The van der Waals surface area contributed by atoms with Gasteiger partial charge in [-0.1, -0.05) is 24.3 Å². The average Bonchev–Trinajstić information content (AvgIpc) is 2.37. The Kier molecular flexibility index (Phi) is 2.92. The Labute approximate surface area is 106 Å². The maximum absolute atomic E-state index is 13.5. The minimum atomic E-state index is -2.50. The minimum absolute atomic E-state index is 0.0276. The van der Waals surface area contributed by atoms with Gasteiger partial charge >= 0.3 is 0 Å². The molecule has 0 amide bonds. The monoisotopic (exact) mass is 249 g/mol. The molecule has 0 N–H and O–H groups in total. The van der Waals surface area contributed by atoms with Crippen molar-refractivity contribution >= 4 is 5.71 Å². The fraction of sp³-hybridized carbons (Fsp3) is 0.533. The lowest BCUT2D eigenvalue weighted by molar-refractivity contribution is -0.0426. The van der Waals surface area contributed by atoms with Crippen LogP contribution >= 0.6 is 0 Å². The molecule has 3 heteroatoms. The van der Waals surface area contributed by atoms with Gasteiger partial charge in [0, 0.05) is 31.0 Å². The lowest BCUT2D eigenvalue weighted by atomic mass is 9.79. The minimum Gasteiger partial charge on any atom is -0.288 e. The Morgan fingerprint density at radius 1 is 1.22 bits per heavy atom. The van der Waals surface area contributed by atoms with Crippen LogP contribution in [0.25, 0.3) is 0 Å². The number of hydrogen-bond acceptors (Lipinski definition) is 1. The molecule has 1 nitrogen and oxygen atoms in total. The van der Waals surface area contributed by atoms with E-state index in [0.717, 1.165) is 30.7 Å². The second-order valence-corrected chi connectivity index (χ2v) is 5.32. The van der Waals surface area contributed by atoms with Gasteiger partial charge in [0.2, 0.25) is 5.92 Å². The molecular formula is C15H17F2N. The molecule has 0 radical (unpaired) electrons. The molecule has 2 aliphatic rings. The largest absolute Gasteiger partial charge is 0.288 e. The van der Waals surface area contributed by atoms with Crippen LogP contribution in [0.3, 0.4) is 0 Å². The zero-order chi connectivity index (χ0) is 12.6. The first-order valence-electron chi connectivity index (χ1n) is 6.66. The molecule has 0 aromatic heterocycles. The van der Waals surface area contributed by atoms with Crippen LogP contribution in [0.15, 0.2) is 29.3 Å². The zero-order valence-electron chi connectivity index (χ0n) is 10.3. The van der Waals surface area contributed by atoms with Gasteiger partial charge < -0.3 is 0 Å². The third kappa shape index (κ3) is 2.18. The van der Waals surface area contributed by atoms with Crippen LogP contribution in [0.4, 0.5) is 8.78 Å². The van der Waals surface area contributed by atoms with Gasteiger partial charge in [-0.25, -0.2) is 8.78 Å². The molecule has 1 unspecified atom stereocenters. The van der Waals surface area contributed by atoms with Gasteiger partial charge in [0.25, 0.3) is 0 Å². The van der Waals surface area contributed by atoms with E-state index in [-0.39, 0.29) is 18.8 Å². The molecule has 18 heavy (non-hydrogen) atoms. The van der Waals surface area contributed by atoms with Crippen molar-refractivity contribution in [2.75, 3.05) is 6.54 Å². The maximum Gasteiger partial charge on any atom is 0.248 e. The first kappa shape index (κ1) is 11.8. The summed E-state index contributed by atoms with van der Waals surface area (Å²) in [5.41, 5.74) is 3.29. The number of rotatable bonds is 1. The first-order valence-corrected chi connectivity index (χ1v) is 6.66. The Hall–Kier alpha value is -1.25. The predicted octanol–water partition coefficient (Wildman–Crippen LogP) is 3.86. The number of aliphatic imine (C=N–C) groups is 1. The predicted molar refractivity (Wildman–Crippen MR) is 68.5 cm³/mol. The fourth-order valence-electron chi connectivity index (χ4n) is 3.12. The van der Waals surface area contributed by atoms with Gasteiger partial charge in [0.05, 0.1) is 0 Å². The molecule has 96 valence electrons. The van der Waals surface area contributed by atoms with Crippen LogP contribution in [0, 0.1) is 5.92 Å². The molecule has 0 spiro atoms. The van der Waals surface area contributed by atoms with Gasteiger partial charge in [0.15, 0.2) is 0 Å². The van der Waals surface area contributed by atoms with Gasteiger partial charge in [-0.15, -0.1) is 0 Å². The fourth-order valence-corrected chi connectivity index (χ4v) is 3.12. The number of benzene rings is 1. The Morgan fingerprint density at radius 2 is 2.06 bits per heavy atom. The van der Waals surface area contributed by atoms with Crippen LogP contribution in [0.2, 0.25) is 0 Å². The van der Waals surface area contributed by atoms with E-state index in [1.54, 1.807) is 0 Å². The van der Waals surface area contributed by atoms with Gasteiger partial charge in [-0.3, -0.25) is 4.99 Å². The molecule has 1 atom stereocenters. The highest BCUT2D eigenvalue weighted by molar-refractivity contribution is 6.04. The lowest BCUT2D eigenvalue weighted by Crippen LogP contribution is -2.32. The SMILES string of the molecule is FC1(F)CCCC(C2=NCCc3ccccc32)C1. The van der Waals surface area contributed by atoms with E-state index in [2.05, 4.69) is 11.1 Å². The summed E-state index contributed by atoms with van der Waals surface area (Å²) in [6, 6.07) is 8.10. The van der Waals surface area contributed by atoms with Crippen molar-refractivity contribution in [2.24, 2.45) is 10.9 Å². The van der Waals surface area contributed by atoms with E-state index >= 15 is 0 Å². The topological polar surface area (TPSA) is 12.4 Å². The number of fused-ring (bicyclic) bond motifs is 1. The molecule has 1 aromatic rings. The van der Waals surface area contributed by atoms with Crippen molar-refractivity contribution in [2.45, 2.75) is 38.0 Å². The van der Waals surface area contributed by atoms with Crippen LogP contribution in [0.1, 0.15) is 36.8 Å². The van der Waals surface area contributed by atoms with E-state index in [1.165, 1.54) is 5.56 Å². The normalized spacial score (nSPS) is 26.3. The molecule has 1 heterocycles. The van der Waals surface area contributed by atoms with E-state index in [4.69, 9.17) is 0 Å². The zero-order valence-corrected chi connectivity index (χ0v) is 10.3. The van der Waals surface area contributed by atoms with Gasteiger partial charge in [-0.05, 0) is 30.4 Å². The van der Waals surface area contributed by atoms with Crippen LogP contribution < -0.4 is 0 Å². The summed E-state index contributed by atoms with van der Waals surface area (Å²) < 4.78 is 27.1. The quantitative estimate of drug-likeness (QED) is 0.716. The molecule has 3 rings (SSSR count). The molecular weight excluding hydrogens is 232 g/mol. The van der Waals surface area contributed by atoms with Crippen molar-refractivity contribution in [3.8, 4) is 0 Å². The Morgan fingerprint density at radius 3 is 2.89 bits per heavy atom. The summed E-state index contributed by atoms with van der Waals surface area (Å²) in [5.74, 6) is -2.56. The van der Waals surface area contributed by atoms with Gasteiger partial charge in [-0.2, -0.15) is 0 Å². The van der Waals surface area contributed by atoms with Crippen LogP contribution in [-0.2, 0) is 6.42 Å². The number of hydrogen-bond donors (Lipinski definition) is 0. The van der Waals surface area contributed by atoms with E-state index in [1.807, 2.05) is 18.2 Å². The van der Waals surface area contributed by atoms with Crippen LogP contribution in [-0.4, -0.2) is 18.2 Å². The molecule has 0 saturated heterocycles. The van der Waals surface area contributed by atoms with Crippen molar-refractivity contribution < 1.29 is 8.78 Å². The summed E-state index contributed by atoms with van der Waals surface area (Å²) in [6.45, 7) is 0.744. The van der Waals surface area contributed by atoms with E-state index in [9.17, 15) is 8.78 Å². The summed E-state index contributed by atoms with van der Waals surface area (Å²) in [6.07, 6.45) is 2.41. The van der Waals surface area contributed by atoms with Crippen molar-refractivity contribution in [1.29, 1.82) is 0 Å². The number of halogens is 2. The Bertz CT molecular complexity index is 479. The maximum atomic E-state index is 13.5. The second-order valence-electron chi connectivity index (χ2n) is 5.32. The second kappa shape index (κ2) is 4.45. The summed E-state index contributed by atoms with van der Waals surface area (Å²) in [7, 11) is 0. The molecule has 1 aliphatic carbocycles.